The summed E-state index contributed by atoms with van der Waals surface area (Å²) in [5, 5.41) is 0. The van der Waals surface area contributed by atoms with Gasteiger partial charge in [0.05, 0.1) is 0 Å². The van der Waals surface area contributed by atoms with Gasteiger partial charge < -0.3 is 0 Å². The molecule has 1 aromatic rings. The van der Waals surface area contributed by atoms with Crippen LogP contribution in [-0.2, 0) is 0 Å². The first kappa shape index (κ1) is 10.2. The first-order valence-corrected chi connectivity index (χ1v) is 3.42. The predicted octanol–water partition coefficient (Wildman–Crippen LogP) is 1.49. The molecule has 0 saturated carbocycles. The molecule has 0 amide bonds. The molecule has 0 aromatic carbocycles. The lowest BCUT2D eigenvalue weighted by atomic mass is 10.5. The maximum atomic E-state index is 4.60. The monoisotopic (exact) mass is 158 g/mol. The summed E-state index contributed by atoms with van der Waals surface area (Å²) in [6.07, 6.45) is 7.94. The summed E-state index contributed by atoms with van der Waals surface area (Å²) in [6.45, 7) is 3.41. The molecule has 0 N–H and O–H groups in total. The van der Waals surface area contributed by atoms with Gasteiger partial charge in [0.1, 0.15) is 0 Å². The minimum atomic E-state index is 0.583. The van der Waals surface area contributed by atoms with E-state index in [-0.39, 0.29) is 0 Å². The van der Waals surface area contributed by atoms with Gasteiger partial charge in [-0.15, -0.1) is 12.3 Å². The lowest BCUT2D eigenvalue weighted by molar-refractivity contribution is 1.13. The van der Waals surface area contributed by atoms with Crippen LogP contribution in [0.15, 0.2) is 18.5 Å². The summed E-state index contributed by atoms with van der Waals surface area (Å²) in [7, 11) is 0. The van der Waals surface area contributed by atoms with E-state index in [1.165, 1.54) is 0 Å². The zero-order valence-corrected chi connectivity index (χ0v) is 7.20. The maximum Gasteiger partial charge on any atom is 0.204 e. The van der Waals surface area contributed by atoms with Crippen LogP contribution < -0.4 is 0 Å². The Hall–Kier alpha value is -1.80. The molecule has 0 saturated heterocycles. The van der Waals surface area contributed by atoms with Crippen molar-refractivity contribution in [2.24, 2.45) is 0 Å². The van der Waals surface area contributed by atoms with Crippen LogP contribution in [0, 0.1) is 24.2 Å². The Morgan fingerprint density at radius 1 is 1.25 bits per heavy atom. The highest BCUT2D eigenvalue weighted by molar-refractivity contribution is 5.17. The minimum absolute atomic E-state index is 0.583. The maximum absolute atomic E-state index is 4.60. The van der Waals surface area contributed by atoms with Crippen molar-refractivity contribution in [3.05, 3.63) is 24.3 Å². The third-order valence-corrected chi connectivity index (χ3v) is 0.803. The number of rotatable bonds is 0. The van der Waals surface area contributed by atoms with Crippen molar-refractivity contribution in [1.29, 1.82) is 0 Å². The van der Waals surface area contributed by atoms with Crippen LogP contribution in [0.5, 0.6) is 0 Å². The normalized spacial score (nSPS) is 6.42. The molecule has 0 unspecified atom stereocenters. The Morgan fingerprint density at radius 3 is 2.17 bits per heavy atom. The summed E-state index contributed by atoms with van der Waals surface area (Å²) < 4.78 is 0. The summed E-state index contributed by atoms with van der Waals surface area (Å²) in [4.78, 5) is 7.77. The van der Waals surface area contributed by atoms with Gasteiger partial charge in [0.15, 0.2) is 0 Å². The standard InChI is InChI=1S/C7H6N2.C3H4/c1-2-4-7-8-5-3-6-9-7;1-3-2/h3,5-6H,1H3;1H,2H3. The van der Waals surface area contributed by atoms with Gasteiger partial charge in [-0.3, -0.25) is 0 Å². The molecule has 0 aliphatic carbocycles. The molecule has 12 heavy (non-hydrogen) atoms. The molecule has 60 valence electrons. The van der Waals surface area contributed by atoms with Gasteiger partial charge in [0, 0.05) is 12.4 Å². The molecule has 2 nitrogen and oxygen atoms in total. The van der Waals surface area contributed by atoms with E-state index in [4.69, 9.17) is 0 Å². The molecule has 0 bridgehead atoms. The molecule has 0 aliphatic heterocycles. The van der Waals surface area contributed by atoms with Crippen molar-refractivity contribution < 1.29 is 0 Å². The number of terminal acetylenes is 1. The average Bonchev–Trinajstić information content (AvgIpc) is 2.08. The van der Waals surface area contributed by atoms with Gasteiger partial charge in [-0.2, -0.15) is 0 Å². The molecule has 0 atom stereocenters. The quantitative estimate of drug-likeness (QED) is 0.534. The predicted molar refractivity (Wildman–Crippen MR) is 49.1 cm³/mol. The average molecular weight is 158 g/mol. The van der Waals surface area contributed by atoms with Crippen LogP contribution in [0.3, 0.4) is 0 Å². The first-order valence-electron chi connectivity index (χ1n) is 3.42. The van der Waals surface area contributed by atoms with E-state index < -0.39 is 0 Å². The van der Waals surface area contributed by atoms with Gasteiger partial charge in [-0.25, -0.2) is 9.97 Å². The van der Waals surface area contributed by atoms with Crippen molar-refractivity contribution in [2.75, 3.05) is 0 Å². The molecule has 1 heterocycles. The third-order valence-electron chi connectivity index (χ3n) is 0.803. The first-order chi connectivity index (χ1) is 5.85. The summed E-state index contributed by atoms with van der Waals surface area (Å²) in [6, 6.07) is 1.76. The van der Waals surface area contributed by atoms with Crippen molar-refractivity contribution in [1.82, 2.24) is 9.97 Å². The highest BCUT2D eigenvalue weighted by Gasteiger charge is 1.80. The largest absolute Gasteiger partial charge is 0.229 e. The molecule has 1 aromatic heterocycles. The van der Waals surface area contributed by atoms with Gasteiger partial charge in [0.25, 0.3) is 0 Å². The van der Waals surface area contributed by atoms with Crippen molar-refractivity contribution in [2.45, 2.75) is 13.8 Å². The molecule has 1 rings (SSSR count). The van der Waals surface area contributed by atoms with Crippen LogP contribution in [0.2, 0.25) is 0 Å². The van der Waals surface area contributed by atoms with E-state index in [1.807, 2.05) is 0 Å². The van der Waals surface area contributed by atoms with Crippen LogP contribution >= 0.6 is 0 Å². The van der Waals surface area contributed by atoms with Gasteiger partial charge in [0.2, 0.25) is 5.82 Å². The SMILES string of the molecule is C#CC.CC#Cc1ncccn1. The second-order valence-corrected chi connectivity index (χ2v) is 1.74. The third kappa shape index (κ3) is 5.02. The van der Waals surface area contributed by atoms with Crippen LogP contribution in [0.1, 0.15) is 19.7 Å². The van der Waals surface area contributed by atoms with Crippen molar-refractivity contribution in [3.8, 4) is 24.2 Å². The summed E-state index contributed by atoms with van der Waals surface area (Å²) in [5.74, 6) is 8.28. The van der Waals surface area contributed by atoms with E-state index in [0.717, 1.165) is 0 Å². The van der Waals surface area contributed by atoms with Gasteiger partial charge in [-0.1, -0.05) is 5.92 Å². The van der Waals surface area contributed by atoms with E-state index in [2.05, 4.69) is 34.2 Å². The Kier molecular flexibility index (Phi) is 6.21. The second-order valence-electron chi connectivity index (χ2n) is 1.74. The Morgan fingerprint density at radius 2 is 1.75 bits per heavy atom. The van der Waals surface area contributed by atoms with E-state index >= 15 is 0 Å². The molecular weight excluding hydrogens is 148 g/mol. The lowest BCUT2D eigenvalue weighted by Gasteiger charge is -1.82. The fourth-order valence-electron chi connectivity index (χ4n) is 0.475. The highest BCUT2D eigenvalue weighted by atomic mass is 14.8. The van der Waals surface area contributed by atoms with E-state index in [9.17, 15) is 0 Å². The van der Waals surface area contributed by atoms with E-state index in [0.29, 0.717) is 5.82 Å². The van der Waals surface area contributed by atoms with Gasteiger partial charge in [-0.05, 0) is 25.8 Å². The van der Waals surface area contributed by atoms with Crippen LogP contribution in [-0.4, -0.2) is 9.97 Å². The fraction of sp³-hybridized carbons (Fsp3) is 0.200. The topological polar surface area (TPSA) is 25.8 Å². The Labute approximate surface area is 73.1 Å². The highest BCUT2D eigenvalue weighted by Crippen LogP contribution is 1.81. The zero-order chi connectivity index (χ0) is 9.23. The smallest absolute Gasteiger partial charge is 0.204 e. The fourth-order valence-corrected chi connectivity index (χ4v) is 0.475. The van der Waals surface area contributed by atoms with Crippen molar-refractivity contribution in [3.63, 3.8) is 0 Å². The number of nitrogens with zero attached hydrogens (tertiary/aromatic N) is 2. The second kappa shape index (κ2) is 7.31. The lowest BCUT2D eigenvalue weighted by Crippen LogP contribution is -1.83. The molecule has 0 fully saturated rings. The van der Waals surface area contributed by atoms with Crippen LogP contribution in [0.4, 0.5) is 0 Å². The molecular formula is C10H10N2. The molecule has 2 heteroatoms. The summed E-state index contributed by atoms with van der Waals surface area (Å²) in [5.41, 5.74) is 0. The Balaban J connectivity index is 0.000000354. The number of hydrogen-bond donors (Lipinski definition) is 0. The molecule has 0 spiro atoms. The number of hydrogen-bond acceptors (Lipinski definition) is 2. The molecule has 0 aliphatic rings. The van der Waals surface area contributed by atoms with Crippen molar-refractivity contribution >= 4 is 0 Å². The zero-order valence-electron chi connectivity index (χ0n) is 7.20. The van der Waals surface area contributed by atoms with E-state index in [1.54, 1.807) is 32.3 Å². The van der Waals surface area contributed by atoms with Gasteiger partial charge >= 0.3 is 0 Å². The summed E-state index contributed by atoms with van der Waals surface area (Å²) >= 11 is 0. The number of aromatic nitrogens is 2. The molecule has 0 radical (unpaired) electrons. The minimum Gasteiger partial charge on any atom is -0.229 e. The Bertz CT molecular complexity index is 298. The van der Waals surface area contributed by atoms with Crippen LogP contribution in [0.25, 0.3) is 0 Å².